The van der Waals surface area contributed by atoms with Crippen LogP contribution in [-0.2, 0) is 0 Å². The molecule has 0 aliphatic rings. The molecule has 1 nitrogen and oxygen atoms in total. The molecule has 2 aromatic rings. The Balaban J connectivity index is 2.13. The van der Waals surface area contributed by atoms with Crippen LogP contribution in [0.1, 0.15) is 43.5 Å². The monoisotopic (exact) mass is 291 g/mol. The number of nitrogens with one attached hydrogen (secondary N) is 1. The Kier molecular flexibility index (Phi) is 5.16. The Labute approximate surface area is 124 Å². The van der Waals surface area contributed by atoms with Crippen molar-refractivity contribution in [3.63, 3.8) is 0 Å². The number of halogens is 2. The van der Waals surface area contributed by atoms with Crippen LogP contribution >= 0.6 is 11.6 Å². The van der Waals surface area contributed by atoms with Crippen LogP contribution in [0.4, 0.5) is 4.39 Å². The molecule has 2 atom stereocenters. The fourth-order valence-corrected chi connectivity index (χ4v) is 2.50. The van der Waals surface area contributed by atoms with Crippen LogP contribution in [0.25, 0.3) is 0 Å². The van der Waals surface area contributed by atoms with Crippen LogP contribution in [0.15, 0.2) is 48.5 Å². The van der Waals surface area contributed by atoms with Gasteiger partial charge in [0.05, 0.1) is 5.02 Å². The molecular formula is C17H19ClFN. The summed E-state index contributed by atoms with van der Waals surface area (Å²) in [6.07, 6.45) is 0.989. The van der Waals surface area contributed by atoms with Crippen LogP contribution in [0.5, 0.6) is 0 Å². The third-order valence-electron chi connectivity index (χ3n) is 3.51. The predicted molar refractivity (Wildman–Crippen MR) is 82.4 cm³/mol. The standard InChI is InChI=1S/C17H19ClFN/c1-3-17(13-7-5-4-6-8-13)20-12(2)14-9-10-16(19)15(18)11-14/h4-12,17,20H,3H2,1-2H3. The van der Waals surface area contributed by atoms with Crippen molar-refractivity contribution >= 4 is 11.6 Å². The van der Waals surface area contributed by atoms with E-state index in [1.807, 2.05) is 18.2 Å². The topological polar surface area (TPSA) is 12.0 Å². The van der Waals surface area contributed by atoms with Crippen molar-refractivity contribution in [2.45, 2.75) is 32.4 Å². The summed E-state index contributed by atoms with van der Waals surface area (Å²) in [7, 11) is 0. The molecule has 0 saturated heterocycles. The molecule has 0 saturated carbocycles. The quantitative estimate of drug-likeness (QED) is 0.790. The van der Waals surface area contributed by atoms with E-state index in [2.05, 4.69) is 31.3 Å². The molecule has 2 unspecified atom stereocenters. The van der Waals surface area contributed by atoms with E-state index in [1.165, 1.54) is 11.6 Å². The smallest absolute Gasteiger partial charge is 0.141 e. The minimum atomic E-state index is -0.377. The molecule has 0 aliphatic heterocycles. The van der Waals surface area contributed by atoms with E-state index in [0.717, 1.165) is 12.0 Å². The Morgan fingerprint density at radius 1 is 1.10 bits per heavy atom. The molecule has 0 fully saturated rings. The maximum absolute atomic E-state index is 13.2. The normalized spacial score (nSPS) is 14.0. The molecule has 2 aromatic carbocycles. The van der Waals surface area contributed by atoms with Crippen molar-refractivity contribution in [2.75, 3.05) is 0 Å². The molecule has 0 radical (unpaired) electrons. The number of benzene rings is 2. The lowest BCUT2D eigenvalue weighted by Gasteiger charge is -2.23. The molecular weight excluding hydrogens is 273 g/mol. The molecule has 0 heterocycles. The van der Waals surface area contributed by atoms with Crippen molar-refractivity contribution < 1.29 is 4.39 Å². The van der Waals surface area contributed by atoms with E-state index in [0.29, 0.717) is 0 Å². The SMILES string of the molecule is CCC(NC(C)c1ccc(F)c(Cl)c1)c1ccccc1. The molecule has 0 spiro atoms. The van der Waals surface area contributed by atoms with Crippen LogP contribution in [-0.4, -0.2) is 0 Å². The Morgan fingerprint density at radius 2 is 1.80 bits per heavy atom. The molecule has 0 aromatic heterocycles. The van der Waals surface area contributed by atoms with Gasteiger partial charge < -0.3 is 5.32 Å². The van der Waals surface area contributed by atoms with Gasteiger partial charge in [-0.05, 0) is 36.6 Å². The van der Waals surface area contributed by atoms with Gasteiger partial charge in [-0.3, -0.25) is 0 Å². The summed E-state index contributed by atoms with van der Waals surface area (Å²) in [5.74, 6) is -0.377. The first-order valence-electron chi connectivity index (χ1n) is 6.87. The molecule has 106 valence electrons. The van der Waals surface area contributed by atoms with Crippen LogP contribution in [0, 0.1) is 5.82 Å². The van der Waals surface area contributed by atoms with Crippen LogP contribution in [0.3, 0.4) is 0 Å². The fraction of sp³-hybridized carbons (Fsp3) is 0.294. The van der Waals surface area contributed by atoms with Gasteiger partial charge in [-0.15, -0.1) is 0 Å². The van der Waals surface area contributed by atoms with Gasteiger partial charge in [0.15, 0.2) is 0 Å². The first kappa shape index (κ1) is 15.0. The minimum Gasteiger partial charge on any atom is -0.303 e. The lowest BCUT2D eigenvalue weighted by molar-refractivity contribution is 0.456. The van der Waals surface area contributed by atoms with Crippen molar-refractivity contribution in [3.05, 3.63) is 70.5 Å². The Morgan fingerprint density at radius 3 is 2.40 bits per heavy atom. The van der Waals surface area contributed by atoms with Crippen LogP contribution < -0.4 is 5.32 Å². The number of hydrogen-bond donors (Lipinski definition) is 1. The molecule has 0 amide bonds. The minimum absolute atomic E-state index is 0.109. The zero-order chi connectivity index (χ0) is 14.5. The first-order valence-corrected chi connectivity index (χ1v) is 7.25. The maximum atomic E-state index is 13.2. The molecule has 2 rings (SSSR count). The van der Waals surface area contributed by atoms with Crippen LogP contribution in [0.2, 0.25) is 5.02 Å². The van der Waals surface area contributed by atoms with Crippen molar-refractivity contribution in [2.24, 2.45) is 0 Å². The summed E-state index contributed by atoms with van der Waals surface area (Å²) in [5.41, 5.74) is 2.25. The van der Waals surface area contributed by atoms with E-state index < -0.39 is 0 Å². The van der Waals surface area contributed by atoms with Crippen molar-refractivity contribution in [3.8, 4) is 0 Å². The van der Waals surface area contributed by atoms with Gasteiger partial charge in [-0.25, -0.2) is 4.39 Å². The molecule has 1 N–H and O–H groups in total. The van der Waals surface area contributed by atoms with Gasteiger partial charge in [0.2, 0.25) is 0 Å². The highest BCUT2D eigenvalue weighted by molar-refractivity contribution is 6.30. The third-order valence-corrected chi connectivity index (χ3v) is 3.79. The van der Waals surface area contributed by atoms with E-state index in [-0.39, 0.29) is 22.9 Å². The predicted octanol–water partition coefficient (Wildman–Crippen LogP) is 5.28. The Hall–Kier alpha value is -1.38. The summed E-state index contributed by atoms with van der Waals surface area (Å²) >= 11 is 5.84. The first-order chi connectivity index (χ1) is 9.61. The van der Waals surface area contributed by atoms with Gasteiger partial charge >= 0.3 is 0 Å². The average Bonchev–Trinajstić information content (AvgIpc) is 2.48. The van der Waals surface area contributed by atoms with E-state index >= 15 is 0 Å². The third kappa shape index (κ3) is 3.59. The highest BCUT2D eigenvalue weighted by atomic mass is 35.5. The molecule has 0 bridgehead atoms. The second-order valence-electron chi connectivity index (χ2n) is 4.93. The zero-order valence-corrected chi connectivity index (χ0v) is 12.5. The van der Waals surface area contributed by atoms with Gasteiger partial charge in [0, 0.05) is 12.1 Å². The second kappa shape index (κ2) is 6.87. The van der Waals surface area contributed by atoms with Crippen molar-refractivity contribution in [1.82, 2.24) is 5.32 Å². The summed E-state index contributed by atoms with van der Waals surface area (Å²) in [6, 6.07) is 15.6. The number of rotatable bonds is 5. The maximum Gasteiger partial charge on any atom is 0.141 e. The van der Waals surface area contributed by atoms with Gasteiger partial charge in [-0.2, -0.15) is 0 Å². The molecule has 3 heteroatoms. The lowest BCUT2D eigenvalue weighted by Crippen LogP contribution is -2.24. The average molecular weight is 292 g/mol. The second-order valence-corrected chi connectivity index (χ2v) is 5.34. The van der Waals surface area contributed by atoms with E-state index in [4.69, 9.17) is 11.6 Å². The molecule has 0 aliphatic carbocycles. The highest BCUT2D eigenvalue weighted by Crippen LogP contribution is 2.24. The summed E-state index contributed by atoms with van der Waals surface area (Å²) < 4.78 is 13.2. The lowest BCUT2D eigenvalue weighted by atomic mass is 10.0. The number of hydrogen-bond acceptors (Lipinski definition) is 1. The van der Waals surface area contributed by atoms with E-state index in [1.54, 1.807) is 12.1 Å². The van der Waals surface area contributed by atoms with Gasteiger partial charge in [0.25, 0.3) is 0 Å². The zero-order valence-electron chi connectivity index (χ0n) is 11.7. The summed E-state index contributed by atoms with van der Waals surface area (Å²) in [5, 5.41) is 3.74. The van der Waals surface area contributed by atoms with Crippen molar-refractivity contribution in [1.29, 1.82) is 0 Å². The van der Waals surface area contributed by atoms with Gasteiger partial charge in [-0.1, -0.05) is 54.9 Å². The fourth-order valence-electron chi connectivity index (χ4n) is 2.31. The summed E-state index contributed by atoms with van der Waals surface area (Å²) in [4.78, 5) is 0. The summed E-state index contributed by atoms with van der Waals surface area (Å²) in [6.45, 7) is 4.21. The largest absolute Gasteiger partial charge is 0.303 e. The van der Waals surface area contributed by atoms with E-state index in [9.17, 15) is 4.39 Å². The van der Waals surface area contributed by atoms with Gasteiger partial charge in [0.1, 0.15) is 5.82 Å². The Bertz CT molecular complexity index is 556. The highest BCUT2D eigenvalue weighted by Gasteiger charge is 2.14. The molecule has 20 heavy (non-hydrogen) atoms.